The summed E-state index contributed by atoms with van der Waals surface area (Å²) in [6.45, 7) is 6.75. The van der Waals surface area contributed by atoms with Crippen LogP contribution in [0.5, 0.6) is 5.75 Å². The highest BCUT2D eigenvalue weighted by Crippen LogP contribution is 2.21. The average Bonchev–Trinajstić information content (AvgIpc) is 2.90. The number of hydrogen-bond acceptors (Lipinski definition) is 4. The molecule has 1 heterocycles. The van der Waals surface area contributed by atoms with Gasteiger partial charge in [-0.1, -0.05) is 26.0 Å². The van der Waals surface area contributed by atoms with E-state index in [1.165, 1.54) is 11.3 Å². The molecule has 1 aromatic carbocycles. The first kappa shape index (κ1) is 15.5. The van der Waals surface area contributed by atoms with Crippen molar-refractivity contribution in [3.05, 3.63) is 40.9 Å². The molecule has 0 spiro atoms. The first-order valence-corrected chi connectivity index (χ1v) is 7.93. The van der Waals surface area contributed by atoms with Crippen molar-refractivity contribution in [1.29, 1.82) is 0 Å². The molecular weight excluding hydrogens is 284 g/mol. The predicted molar refractivity (Wildman–Crippen MR) is 86.1 cm³/mol. The fourth-order valence-electron chi connectivity index (χ4n) is 1.83. The molecule has 1 N–H and O–H groups in total. The maximum atomic E-state index is 12.0. The van der Waals surface area contributed by atoms with E-state index >= 15 is 0 Å². The molecule has 1 aromatic heterocycles. The zero-order valence-electron chi connectivity index (χ0n) is 12.6. The maximum absolute atomic E-state index is 12.0. The third-order valence-electron chi connectivity index (χ3n) is 2.96. The Hall–Kier alpha value is -1.88. The number of anilines is 1. The number of benzene rings is 1. The molecule has 0 aliphatic heterocycles. The number of carbonyl (C=O) groups excluding carboxylic acids is 1. The van der Waals surface area contributed by atoms with Gasteiger partial charge in [0.25, 0.3) is 0 Å². The fourth-order valence-corrected chi connectivity index (χ4v) is 2.72. The largest absolute Gasteiger partial charge is 0.494 e. The van der Waals surface area contributed by atoms with Crippen LogP contribution in [0.15, 0.2) is 29.6 Å². The summed E-state index contributed by atoms with van der Waals surface area (Å²) in [4.78, 5) is 16.4. The summed E-state index contributed by atoms with van der Waals surface area (Å²) in [5.41, 5.74) is 1.97. The first-order chi connectivity index (χ1) is 10.1. The van der Waals surface area contributed by atoms with Gasteiger partial charge < -0.3 is 10.1 Å². The summed E-state index contributed by atoms with van der Waals surface area (Å²) in [7, 11) is 0. The van der Waals surface area contributed by atoms with E-state index < -0.39 is 0 Å². The van der Waals surface area contributed by atoms with Crippen molar-refractivity contribution in [2.24, 2.45) is 0 Å². The molecule has 21 heavy (non-hydrogen) atoms. The number of thiazole rings is 1. The Morgan fingerprint density at radius 1 is 1.33 bits per heavy atom. The zero-order valence-corrected chi connectivity index (χ0v) is 13.4. The van der Waals surface area contributed by atoms with E-state index in [1.54, 1.807) is 0 Å². The molecule has 0 unspecified atom stereocenters. The summed E-state index contributed by atoms with van der Waals surface area (Å²) < 4.78 is 5.38. The number of nitrogens with one attached hydrogen (secondary N) is 1. The number of nitrogens with zero attached hydrogens (tertiary/aromatic N) is 1. The Labute approximate surface area is 129 Å². The van der Waals surface area contributed by atoms with Gasteiger partial charge in [-0.25, -0.2) is 4.98 Å². The molecule has 0 fully saturated rings. The minimum Gasteiger partial charge on any atom is -0.494 e. The molecule has 4 nitrogen and oxygen atoms in total. The Morgan fingerprint density at radius 3 is 2.62 bits per heavy atom. The lowest BCUT2D eigenvalue weighted by Crippen LogP contribution is -2.14. The van der Waals surface area contributed by atoms with Crippen LogP contribution in [0.25, 0.3) is 0 Å². The normalized spacial score (nSPS) is 10.7. The van der Waals surface area contributed by atoms with E-state index in [4.69, 9.17) is 4.74 Å². The Bertz CT molecular complexity index is 591. The molecule has 0 bridgehead atoms. The Morgan fingerprint density at radius 2 is 2.05 bits per heavy atom. The van der Waals surface area contributed by atoms with Gasteiger partial charge >= 0.3 is 0 Å². The van der Waals surface area contributed by atoms with Crippen molar-refractivity contribution >= 4 is 22.4 Å². The van der Waals surface area contributed by atoms with Crippen LogP contribution in [-0.4, -0.2) is 17.5 Å². The van der Waals surface area contributed by atoms with Gasteiger partial charge in [-0.2, -0.15) is 0 Å². The average molecular weight is 304 g/mol. The summed E-state index contributed by atoms with van der Waals surface area (Å²) in [6.07, 6.45) is 0.336. The summed E-state index contributed by atoms with van der Waals surface area (Å²) >= 11 is 1.46. The highest BCUT2D eigenvalue weighted by Gasteiger charge is 2.09. The minimum absolute atomic E-state index is 0.0520. The van der Waals surface area contributed by atoms with Crippen LogP contribution in [0.4, 0.5) is 5.13 Å². The van der Waals surface area contributed by atoms with Crippen molar-refractivity contribution in [3.8, 4) is 5.75 Å². The smallest absolute Gasteiger partial charge is 0.230 e. The lowest BCUT2D eigenvalue weighted by molar-refractivity contribution is -0.115. The van der Waals surface area contributed by atoms with Crippen LogP contribution in [0.2, 0.25) is 0 Å². The highest BCUT2D eigenvalue weighted by molar-refractivity contribution is 7.13. The van der Waals surface area contributed by atoms with Crippen molar-refractivity contribution < 1.29 is 9.53 Å². The SMILES string of the molecule is CCOc1ccc(CC(=O)Nc2nc(C(C)C)cs2)cc1. The molecule has 5 heteroatoms. The van der Waals surface area contributed by atoms with Gasteiger partial charge in [-0.15, -0.1) is 11.3 Å². The van der Waals surface area contributed by atoms with Crippen molar-refractivity contribution in [2.75, 3.05) is 11.9 Å². The summed E-state index contributed by atoms with van der Waals surface area (Å²) in [5, 5.41) is 5.49. The first-order valence-electron chi connectivity index (χ1n) is 7.05. The van der Waals surface area contributed by atoms with Crippen LogP contribution in [0, 0.1) is 0 Å². The van der Waals surface area contributed by atoms with E-state index in [0.29, 0.717) is 24.1 Å². The highest BCUT2D eigenvalue weighted by atomic mass is 32.1. The van der Waals surface area contributed by atoms with Gasteiger partial charge in [-0.3, -0.25) is 4.79 Å². The third-order valence-corrected chi connectivity index (χ3v) is 3.73. The van der Waals surface area contributed by atoms with Crippen LogP contribution >= 0.6 is 11.3 Å². The zero-order chi connectivity index (χ0) is 15.2. The second kappa shape index (κ2) is 7.22. The van der Waals surface area contributed by atoms with Gasteiger partial charge in [-0.05, 0) is 30.5 Å². The molecule has 1 amide bonds. The summed E-state index contributed by atoms with van der Waals surface area (Å²) in [5.74, 6) is 1.14. The molecule has 0 saturated heterocycles. The van der Waals surface area contributed by atoms with Crippen molar-refractivity contribution in [2.45, 2.75) is 33.1 Å². The van der Waals surface area contributed by atoms with Crippen LogP contribution in [0.3, 0.4) is 0 Å². The molecule has 0 saturated carbocycles. The maximum Gasteiger partial charge on any atom is 0.230 e. The van der Waals surface area contributed by atoms with Gasteiger partial charge in [0.15, 0.2) is 5.13 Å². The van der Waals surface area contributed by atoms with Crippen LogP contribution in [-0.2, 0) is 11.2 Å². The lowest BCUT2D eigenvalue weighted by atomic mass is 10.1. The number of amides is 1. The number of rotatable bonds is 6. The number of hydrogen-bond donors (Lipinski definition) is 1. The third kappa shape index (κ3) is 4.56. The summed E-state index contributed by atoms with van der Waals surface area (Å²) in [6, 6.07) is 7.58. The lowest BCUT2D eigenvalue weighted by Gasteiger charge is -2.05. The van der Waals surface area contributed by atoms with E-state index in [-0.39, 0.29) is 5.91 Å². The van der Waals surface area contributed by atoms with Gasteiger partial charge in [0.2, 0.25) is 5.91 Å². The van der Waals surface area contributed by atoms with Gasteiger partial charge in [0, 0.05) is 5.38 Å². The van der Waals surface area contributed by atoms with E-state index in [1.807, 2.05) is 36.6 Å². The second-order valence-electron chi connectivity index (χ2n) is 5.03. The minimum atomic E-state index is -0.0520. The van der Waals surface area contributed by atoms with Crippen LogP contribution in [0.1, 0.15) is 37.9 Å². The standard InChI is InChI=1S/C16H20N2O2S/c1-4-20-13-7-5-12(6-8-13)9-15(19)18-16-17-14(10-21-16)11(2)3/h5-8,10-11H,4,9H2,1-3H3,(H,17,18,19). The van der Waals surface area contributed by atoms with Gasteiger partial charge in [0.05, 0.1) is 18.7 Å². The van der Waals surface area contributed by atoms with Gasteiger partial charge in [0.1, 0.15) is 5.75 Å². The van der Waals surface area contributed by atoms with E-state index in [9.17, 15) is 4.79 Å². The monoisotopic (exact) mass is 304 g/mol. The Balaban J connectivity index is 1.91. The number of carbonyl (C=O) groups is 1. The molecule has 0 radical (unpaired) electrons. The quantitative estimate of drug-likeness (QED) is 0.882. The molecule has 0 aliphatic rings. The van der Waals surface area contributed by atoms with Crippen molar-refractivity contribution in [1.82, 2.24) is 4.98 Å². The molecule has 2 aromatic rings. The molecule has 2 rings (SSSR count). The van der Waals surface area contributed by atoms with Crippen molar-refractivity contribution in [3.63, 3.8) is 0 Å². The topological polar surface area (TPSA) is 51.2 Å². The molecule has 0 aliphatic carbocycles. The fraction of sp³-hybridized carbons (Fsp3) is 0.375. The van der Waals surface area contributed by atoms with Crippen LogP contribution < -0.4 is 10.1 Å². The predicted octanol–water partition coefficient (Wildman–Crippen LogP) is 3.85. The Kier molecular flexibility index (Phi) is 5.33. The molecular formula is C16H20N2O2S. The molecule has 112 valence electrons. The van der Waals surface area contributed by atoms with E-state index in [2.05, 4.69) is 24.1 Å². The second-order valence-corrected chi connectivity index (χ2v) is 5.89. The number of aromatic nitrogens is 1. The van der Waals surface area contributed by atoms with E-state index in [0.717, 1.165) is 17.0 Å². The molecule has 0 atom stereocenters. The number of ether oxygens (including phenoxy) is 1.